The molecule has 1 heterocycles. The van der Waals surface area contributed by atoms with Gasteiger partial charge in [0.1, 0.15) is 0 Å². The van der Waals surface area contributed by atoms with E-state index in [-0.39, 0.29) is 6.03 Å². The van der Waals surface area contributed by atoms with Crippen molar-refractivity contribution >= 4 is 11.7 Å². The van der Waals surface area contributed by atoms with Crippen LogP contribution >= 0.6 is 0 Å². The number of urea groups is 1. The molecule has 140 valence electrons. The van der Waals surface area contributed by atoms with Gasteiger partial charge < -0.3 is 10.6 Å². The van der Waals surface area contributed by atoms with E-state index in [1.165, 1.54) is 70.0 Å². The van der Waals surface area contributed by atoms with Crippen molar-refractivity contribution in [2.45, 2.75) is 62.8 Å². The number of fused-ring (bicyclic) bond motifs is 1. The summed E-state index contributed by atoms with van der Waals surface area (Å²) in [6, 6.07) is 7.30. The first-order valence-electron chi connectivity index (χ1n) is 10.6. The van der Waals surface area contributed by atoms with Gasteiger partial charge in [-0.05, 0) is 80.2 Å². The molecular weight excluding hydrogens is 322 g/mol. The van der Waals surface area contributed by atoms with E-state index >= 15 is 0 Å². The number of carbonyl (C=O) groups is 1. The highest BCUT2D eigenvalue weighted by Crippen LogP contribution is 2.56. The number of rotatable bonds is 3. The number of nitrogens with one attached hydrogen (secondary N) is 2. The van der Waals surface area contributed by atoms with Gasteiger partial charge in [0, 0.05) is 30.7 Å². The monoisotopic (exact) mass is 353 g/mol. The lowest BCUT2D eigenvalue weighted by Gasteiger charge is -2.59. The fraction of sp³-hybridized carbons (Fsp3) is 0.682. The number of amides is 2. The second-order valence-electron chi connectivity index (χ2n) is 9.04. The summed E-state index contributed by atoms with van der Waals surface area (Å²) in [4.78, 5) is 14.6. The Bertz CT molecular complexity index is 713. The number of nitrogens with zero attached hydrogens (tertiary/aromatic N) is 1. The highest BCUT2D eigenvalue weighted by atomic mass is 16.2. The minimum atomic E-state index is -0.129. The number of hydrogen-bond donors (Lipinski definition) is 2. The third-order valence-electron chi connectivity index (χ3n) is 7.63. The number of carbonyl (C=O) groups excluding carboxylic acids is 1. The van der Waals surface area contributed by atoms with Crippen LogP contribution < -0.4 is 10.6 Å². The molecule has 26 heavy (non-hydrogen) atoms. The van der Waals surface area contributed by atoms with Crippen LogP contribution in [0, 0.1) is 11.8 Å². The molecule has 5 rings (SSSR count). The van der Waals surface area contributed by atoms with Crippen molar-refractivity contribution in [3.8, 4) is 0 Å². The van der Waals surface area contributed by atoms with E-state index in [4.69, 9.17) is 0 Å². The van der Waals surface area contributed by atoms with Crippen LogP contribution in [0.1, 0.15) is 56.1 Å². The molecule has 1 aliphatic heterocycles. The Morgan fingerprint density at radius 3 is 2.92 bits per heavy atom. The zero-order chi connectivity index (χ0) is 17.7. The average molecular weight is 354 g/mol. The molecule has 3 aliphatic carbocycles. The molecule has 3 atom stereocenters. The summed E-state index contributed by atoms with van der Waals surface area (Å²) in [5, 5.41) is 5.66. The van der Waals surface area contributed by atoms with Gasteiger partial charge in [0.15, 0.2) is 0 Å². The molecule has 2 saturated carbocycles. The van der Waals surface area contributed by atoms with E-state index < -0.39 is 0 Å². The lowest BCUT2D eigenvalue weighted by molar-refractivity contribution is -0.0133. The molecule has 1 saturated heterocycles. The van der Waals surface area contributed by atoms with Crippen LogP contribution in [0.25, 0.3) is 0 Å². The summed E-state index contributed by atoms with van der Waals surface area (Å²) < 4.78 is 0. The first kappa shape index (κ1) is 16.6. The standard InChI is InChI=1S/C22H31N3O/c1-23-21(26)24-17-8-7-16-12-20-18-4-2-3-9-22(18,19(16)13-17)10-11-25(20)14-15-5-6-15/h7-8,13,15,18,20H,2-6,9-12,14H2,1H3,(H2,23,24,26). The zero-order valence-electron chi connectivity index (χ0n) is 15.9. The molecule has 2 bridgehead atoms. The fourth-order valence-corrected chi connectivity index (χ4v) is 6.21. The molecule has 1 aromatic carbocycles. The minimum Gasteiger partial charge on any atom is -0.341 e. The fourth-order valence-electron chi connectivity index (χ4n) is 6.21. The Balaban J connectivity index is 1.51. The number of piperidine rings is 1. The van der Waals surface area contributed by atoms with Gasteiger partial charge in [-0.3, -0.25) is 4.90 Å². The number of anilines is 1. The number of likely N-dealkylation sites (tertiary alicyclic amines) is 1. The van der Waals surface area contributed by atoms with Crippen LogP contribution in [0.15, 0.2) is 18.2 Å². The molecule has 2 N–H and O–H groups in total. The van der Waals surface area contributed by atoms with E-state index in [1.807, 2.05) is 0 Å². The largest absolute Gasteiger partial charge is 0.341 e. The Labute approximate surface area is 156 Å². The van der Waals surface area contributed by atoms with Crippen molar-refractivity contribution < 1.29 is 4.79 Å². The lowest BCUT2D eigenvalue weighted by Crippen LogP contribution is -2.61. The topological polar surface area (TPSA) is 44.4 Å². The van der Waals surface area contributed by atoms with Gasteiger partial charge in [-0.25, -0.2) is 4.79 Å². The Hall–Kier alpha value is -1.55. The zero-order valence-corrected chi connectivity index (χ0v) is 15.9. The van der Waals surface area contributed by atoms with Crippen molar-refractivity contribution in [1.82, 2.24) is 10.2 Å². The molecule has 0 radical (unpaired) electrons. The second kappa shape index (κ2) is 6.26. The highest BCUT2D eigenvalue weighted by molar-refractivity contribution is 5.89. The third kappa shape index (κ3) is 2.65. The molecule has 1 aromatic rings. The Morgan fingerprint density at radius 2 is 2.12 bits per heavy atom. The molecule has 4 nitrogen and oxygen atoms in total. The molecular formula is C22H31N3O. The lowest BCUT2D eigenvalue weighted by atomic mass is 9.52. The first-order chi connectivity index (χ1) is 12.7. The van der Waals surface area contributed by atoms with Gasteiger partial charge in [0.2, 0.25) is 0 Å². The van der Waals surface area contributed by atoms with Crippen molar-refractivity contribution in [2.75, 3.05) is 25.5 Å². The molecule has 4 heteroatoms. The van der Waals surface area contributed by atoms with E-state index in [0.29, 0.717) is 5.41 Å². The maximum absolute atomic E-state index is 11.8. The molecule has 3 fully saturated rings. The van der Waals surface area contributed by atoms with E-state index in [2.05, 4.69) is 33.7 Å². The van der Waals surface area contributed by atoms with Crippen LogP contribution in [0.4, 0.5) is 10.5 Å². The molecule has 0 aromatic heterocycles. The highest BCUT2D eigenvalue weighted by Gasteiger charge is 2.54. The Kier molecular flexibility index (Phi) is 4.00. The van der Waals surface area contributed by atoms with Crippen molar-refractivity contribution in [3.05, 3.63) is 29.3 Å². The van der Waals surface area contributed by atoms with Crippen LogP contribution in [0.5, 0.6) is 0 Å². The number of benzene rings is 1. The summed E-state index contributed by atoms with van der Waals surface area (Å²) in [5.74, 6) is 1.79. The van der Waals surface area contributed by atoms with Crippen molar-refractivity contribution in [1.29, 1.82) is 0 Å². The SMILES string of the molecule is CNC(=O)Nc1ccc2c(c1)C13CCCCC1C(C2)N(CC1CC1)CC3. The Morgan fingerprint density at radius 1 is 1.23 bits per heavy atom. The van der Waals surface area contributed by atoms with E-state index in [9.17, 15) is 4.79 Å². The van der Waals surface area contributed by atoms with E-state index in [1.54, 1.807) is 12.6 Å². The summed E-state index contributed by atoms with van der Waals surface area (Å²) in [7, 11) is 1.67. The second-order valence-corrected chi connectivity index (χ2v) is 9.04. The molecule has 3 unspecified atom stereocenters. The van der Waals surface area contributed by atoms with Gasteiger partial charge in [-0.15, -0.1) is 0 Å². The normalized spacial score (nSPS) is 33.1. The first-order valence-corrected chi connectivity index (χ1v) is 10.6. The van der Waals surface area contributed by atoms with Gasteiger partial charge >= 0.3 is 6.03 Å². The third-order valence-corrected chi connectivity index (χ3v) is 7.63. The summed E-state index contributed by atoms with van der Waals surface area (Å²) in [6.07, 6.45) is 10.9. The predicted molar refractivity (Wildman–Crippen MR) is 105 cm³/mol. The smallest absolute Gasteiger partial charge is 0.318 e. The van der Waals surface area contributed by atoms with Crippen molar-refractivity contribution in [3.63, 3.8) is 0 Å². The van der Waals surface area contributed by atoms with Gasteiger partial charge in [0.05, 0.1) is 0 Å². The van der Waals surface area contributed by atoms with E-state index in [0.717, 1.165) is 23.6 Å². The average Bonchev–Trinajstić information content (AvgIpc) is 3.48. The summed E-state index contributed by atoms with van der Waals surface area (Å²) in [6.45, 7) is 2.60. The van der Waals surface area contributed by atoms with Crippen LogP contribution in [0.3, 0.4) is 0 Å². The molecule has 2 amide bonds. The molecule has 4 aliphatic rings. The van der Waals surface area contributed by atoms with Gasteiger partial charge in [-0.1, -0.05) is 18.9 Å². The van der Waals surface area contributed by atoms with Crippen molar-refractivity contribution in [2.24, 2.45) is 11.8 Å². The minimum absolute atomic E-state index is 0.129. The quantitative estimate of drug-likeness (QED) is 0.865. The summed E-state index contributed by atoms with van der Waals surface area (Å²) in [5.41, 5.74) is 4.40. The van der Waals surface area contributed by atoms with Gasteiger partial charge in [0.25, 0.3) is 0 Å². The number of hydrogen-bond acceptors (Lipinski definition) is 2. The predicted octanol–water partition coefficient (Wildman–Crippen LogP) is 3.91. The maximum Gasteiger partial charge on any atom is 0.318 e. The summed E-state index contributed by atoms with van der Waals surface area (Å²) >= 11 is 0. The van der Waals surface area contributed by atoms with Crippen LogP contribution in [-0.2, 0) is 11.8 Å². The van der Waals surface area contributed by atoms with Crippen LogP contribution in [0.2, 0.25) is 0 Å². The molecule has 0 spiro atoms. The van der Waals surface area contributed by atoms with Gasteiger partial charge in [-0.2, -0.15) is 0 Å². The maximum atomic E-state index is 11.8. The van der Waals surface area contributed by atoms with Crippen LogP contribution in [-0.4, -0.2) is 37.1 Å².